The molecule has 1 aliphatic carbocycles. The van der Waals surface area contributed by atoms with Crippen LogP contribution in [0.15, 0.2) is 28.4 Å². The first kappa shape index (κ1) is 7.78. The van der Waals surface area contributed by atoms with Gasteiger partial charge in [-0.15, -0.1) is 0 Å². The van der Waals surface area contributed by atoms with Gasteiger partial charge in [0.25, 0.3) is 0 Å². The van der Waals surface area contributed by atoms with Gasteiger partial charge in [-0.3, -0.25) is 4.99 Å². The lowest BCUT2D eigenvalue weighted by atomic mass is 9.84. The molecule has 1 heteroatoms. The highest BCUT2D eigenvalue weighted by Crippen LogP contribution is 2.32. The monoisotopic (exact) mass is 161 g/mol. The minimum Gasteiger partial charge on any atom is -0.265 e. The van der Waals surface area contributed by atoms with E-state index in [0.717, 1.165) is 18.8 Å². The summed E-state index contributed by atoms with van der Waals surface area (Å²) in [6, 6.07) is 0. The van der Waals surface area contributed by atoms with Crippen LogP contribution in [-0.2, 0) is 0 Å². The Morgan fingerprint density at radius 3 is 3.33 bits per heavy atom. The third kappa shape index (κ3) is 1.24. The summed E-state index contributed by atoms with van der Waals surface area (Å²) in [6.45, 7) is 2.19. The third-order valence-electron chi connectivity index (χ3n) is 2.72. The lowest BCUT2D eigenvalue weighted by Gasteiger charge is -2.24. The molecule has 0 fully saturated rings. The molecular weight excluding hydrogens is 146 g/mol. The van der Waals surface area contributed by atoms with Crippen LogP contribution in [0.4, 0.5) is 0 Å². The summed E-state index contributed by atoms with van der Waals surface area (Å²) in [5, 5.41) is 0. The van der Waals surface area contributed by atoms with E-state index in [9.17, 15) is 0 Å². The van der Waals surface area contributed by atoms with E-state index in [4.69, 9.17) is 0 Å². The summed E-state index contributed by atoms with van der Waals surface area (Å²) >= 11 is 0. The maximum absolute atomic E-state index is 4.44. The Morgan fingerprint density at radius 1 is 1.58 bits per heavy atom. The van der Waals surface area contributed by atoms with E-state index in [-0.39, 0.29) is 0 Å². The van der Waals surface area contributed by atoms with Crippen molar-refractivity contribution in [3.63, 3.8) is 0 Å². The van der Waals surface area contributed by atoms with Crippen LogP contribution >= 0.6 is 0 Å². The van der Waals surface area contributed by atoms with Crippen LogP contribution in [0.1, 0.15) is 32.6 Å². The van der Waals surface area contributed by atoms with Crippen LogP contribution in [0, 0.1) is 5.92 Å². The zero-order valence-corrected chi connectivity index (χ0v) is 7.59. The summed E-state index contributed by atoms with van der Waals surface area (Å²) in [7, 11) is 0. The number of nitrogens with zero attached hydrogens (tertiary/aromatic N) is 1. The lowest BCUT2D eigenvalue weighted by Crippen LogP contribution is -2.12. The SMILES string of the molecule is CCC1=C2C=CCCC2CC=N1. The third-order valence-corrected chi connectivity index (χ3v) is 2.72. The molecular formula is C11H15N. The molecule has 0 amide bonds. The van der Waals surface area contributed by atoms with E-state index in [1.807, 2.05) is 0 Å². The average Bonchev–Trinajstić information content (AvgIpc) is 2.17. The second-order valence-electron chi connectivity index (χ2n) is 3.48. The van der Waals surface area contributed by atoms with Crippen LogP contribution in [-0.4, -0.2) is 6.21 Å². The molecule has 0 spiro atoms. The van der Waals surface area contributed by atoms with Gasteiger partial charge in [0.15, 0.2) is 0 Å². The summed E-state index contributed by atoms with van der Waals surface area (Å²) in [5.74, 6) is 0.780. The van der Waals surface area contributed by atoms with Gasteiger partial charge in [0.1, 0.15) is 0 Å². The number of fused-ring (bicyclic) bond motifs is 1. The second-order valence-corrected chi connectivity index (χ2v) is 3.48. The van der Waals surface area contributed by atoms with Gasteiger partial charge >= 0.3 is 0 Å². The molecule has 0 aromatic rings. The zero-order chi connectivity index (χ0) is 8.39. The molecule has 1 heterocycles. The van der Waals surface area contributed by atoms with Crippen molar-refractivity contribution in [1.29, 1.82) is 0 Å². The maximum atomic E-state index is 4.44. The Kier molecular flexibility index (Phi) is 2.11. The number of aliphatic imine (C=N–C) groups is 1. The highest BCUT2D eigenvalue weighted by atomic mass is 14.7. The van der Waals surface area contributed by atoms with E-state index >= 15 is 0 Å². The average molecular weight is 161 g/mol. The predicted molar refractivity (Wildman–Crippen MR) is 52.3 cm³/mol. The maximum Gasteiger partial charge on any atom is 0.0431 e. The minimum absolute atomic E-state index is 0.780. The predicted octanol–water partition coefficient (Wildman–Crippen LogP) is 3.09. The molecule has 1 aliphatic heterocycles. The second kappa shape index (κ2) is 3.26. The molecule has 2 rings (SSSR count). The minimum atomic E-state index is 0.780. The quantitative estimate of drug-likeness (QED) is 0.560. The van der Waals surface area contributed by atoms with Crippen molar-refractivity contribution >= 4 is 6.21 Å². The molecule has 1 atom stereocenters. The van der Waals surface area contributed by atoms with Crippen molar-refractivity contribution < 1.29 is 0 Å². The molecule has 0 saturated heterocycles. The van der Waals surface area contributed by atoms with E-state index in [1.165, 1.54) is 24.1 Å². The summed E-state index contributed by atoms with van der Waals surface area (Å²) < 4.78 is 0. The molecule has 2 aliphatic rings. The van der Waals surface area contributed by atoms with Crippen LogP contribution in [0.5, 0.6) is 0 Å². The number of rotatable bonds is 1. The van der Waals surface area contributed by atoms with Gasteiger partial charge < -0.3 is 0 Å². The van der Waals surface area contributed by atoms with Crippen molar-refractivity contribution in [3.8, 4) is 0 Å². The van der Waals surface area contributed by atoms with Crippen LogP contribution in [0.25, 0.3) is 0 Å². The summed E-state index contributed by atoms with van der Waals surface area (Å²) in [4.78, 5) is 4.44. The Bertz CT molecular complexity index is 258. The molecule has 12 heavy (non-hydrogen) atoms. The largest absolute Gasteiger partial charge is 0.265 e. The van der Waals surface area contributed by atoms with Gasteiger partial charge in [0, 0.05) is 11.9 Å². The smallest absolute Gasteiger partial charge is 0.0431 e. The fourth-order valence-corrected chi connectivity index (χ4v) is 2.04. The topological polar surface area (TPSA) is 12.4 Å². The van der Waals surface area contributed by atoms with Crippen molar-refractivity contribution in [1.82, 2.24) is 0 Å². The van der Waals surface area contributed by atoms with E-state index < -0.39 is 0 Å². The van der Waals surface area contributed by atoms with Crippen molar-refractivity contribution in [2.75, 3.05) is 0 Å². The van der Waals surface area contributed by atoms with E-state index in [0.29, 0.717) is 0 Å². The molecule has 0 aromatic heterocycles. The highest BCUT2D eigenvalue weighted by molar-refractivity contribution is 5.63. The molecule has 0 N–H and O–H groups in total. The molecule has 1 nitrogen and oxygen atoms in total. The van der Waals surface area contributed by atoms with Gasteiger partial charge in [-0.1, -0.05) is 19.1 Å². The van der Waals surface area contributed by atoms with Crippen molar-refractivity contribution in [2.45, 2.75) is 32.6 Å². The molecule has 1 unspecified atom stereocenters. The number of hydrogen-bond donors (Lipinski definition) is 0. The normalized spacial score (nSPS) is 27.6. The highest BCUT2D eigenvalue weighted by Gasteiger charge is 2.19. The summed E-state index contributed by atoms with van der Waals surface area (Å²) in [5.41, 5.74) is 2.81. The van der Waals surface area contributed by atoms with Crippen LogP contribution in [0.2, 0.25) is 0 Å². The Hall–Kier alpha value is -0.850. The van der Waals surface area contributed by atoms with Crippen molar-refractivity contribution in [2.24, 2.45) is 10.9 Å². The molecule has 0 radical (unpaired) electrons. The van der Waals surface area contributed by atoms with E-state index in [2.05, 4.69) is 30.3 Å². The summed E-state index contributed by atoms with van der Waals surface area (Å²) in [6.07, 6.45) is 11.5. The van der Waals surface area contributed by atoms with Gasteiger partial charge in [-0.25, -0.2) is 0 Å². The Labute approximate surface area is 73.9 Å². The Morgan fingerprint density at radius 2 is 2.50 bits per heavy atom. The van der Waals surface area contributed by atoms with Crippen molar-refractivity contribution in [3.05, 3.63) is 23.4 Å². The molecule has 64 valence electrons. The first-order valence-corrected chi connectivity index (χ1v) is 4.84. The standard InChI is InChI=1S/C11H15N/c1-2-11-10-6-4-3-5-9(10)7-8-12-11/h4,6,8-9H,2-3,5,7H2,1H3. The fourth-order valence-electron chi connectivity index (χ4n) is 2.04. The first-order chi connectivity index (χ1) is 5.92. The number of allylic oxidation sites excluding steroid dienone is 4. The van der Waals surface area contributed by atoms with Gasteiger partial charge in [0.2, 0.25) is 0 Å². The molecule has 0 aromatic carbocycles. The molecule has 0 saturated carbocycles. The zero-order valence-electron chi connectivity index (χ0n) is 7.59. The van der Waals surface area contributed by atoms with Crippen LogP contribution in [0.3, 0.4) is 0 Å². The van der Waals surface area contributed by atoms with Crippen LogP contribution < -0.4 is 0 Å². The Balaban J connectivity index is 2.35. The van der Waals surface area contributed by atoms with Gasteiger partial charge in [-0.2, -0.15) is 0 Å². The lowest BCUT2D eigenvalue weighted by molar-refractivity contribution is 0.571. The molecule has 0 bridgehead atoms. The fraction of sp³-hybridized carbons (Fsp3) is 0.545. The van der Waals surface area contributed by atoms with Gasteiger partial charge in [0.05, 0.1) is 0 Å². The van der Waals surface area contributed by atoms with Gasteiger partial charge in [-0.05, 0) is 37.2 Å². The first-order valence-electron chi connectivity index (χ1n) is 4.84. The number of hydrogen-bond acceptors (Lipinski definition) is 1. The van der Waals surface area contributed by atoms with E-state index in [1.54, 1.807) is 0 Å².